The van der Waals surface area contributed by atoms with Crippen LogP contribution in [0, 0.1) is 27.7 Å². The van der Waals surface area contributed by atoms with Gasteiger partial charge in [0.15, 0.2) is 0 Å². The Morgan fingerprint density at radius 2 is 1.07 bits per heavy atom. The van der Waals surface area contributed by atoms with E-state index in [0.717, 1.165) is 50.9 Å². The number of hydrogen-bond acceptors (Lipinski definition) is 3. The van der Waals surface area contributed by atoms with Crippen molar-refractivity contribution in [2.24, 2.45) is 0 Å². The molecule has 0 heterocycles. The van der Waals surface area contributed by atoms with Gasteiger partial charge < -0.3 is 15.3 Å². The summed E-state index contributed by atoms with van der Waals surface area (Å²) in [6.45, 7) is 7.58. The highest BCUT2D eigenvalue weighted by atomic mass is 16.3. The molecule has 0 saturated heterocycles. The number of rotatable bonds is 4. The van der Waals surface area contributed by atoms with Crippen LogP contribution in [0.3, 0.4) is 0 Å². The lowest BCUT2D eigenvalue weighted by atomic mass is 9.94. The van der Waals surface area contributed by atoms with Crippen LogP contribution in [0.4, 0.5) is 0 Å². The molecule has 140 valence electrons. The first-order valence-corrected chi connectivity index (χ1v) is 9.13. The number of phenolic OH excluding ortho intramolecular Hbond substituents is 3. The maximum atomic E-state index is 10.5. The van der Waals surface area contributed by atoms with Gasteiger partial charge in [0.25, 0.3) is 0 Å². The normalized spacial score (nSPS) is 11.0. The molecule has 0 atom stereocenters. The van der Waals surface area contributed by atoms with E-state index in [-0.39, 0.29) is 0 Å². The number of phenols is 3. The van der Waals surface area contributed by atoms with Crippen LogP contribution in [0.15, 0.2) is 42.5 Å². The SMILES string of the molecule is Cc1cc(Cc2cc(C)c(O)c(Cc3cc(C)c(O)c(C)c3)c2)ccc1O. The van der Waals surface area contributed by atoms with Crippen molar-refractivity contribution in [2.45, 2.75) is 40.5 Å². The molecular weight excluding hydrogens is 336 g/mol. The molecule has 0 unspecified atom stereocenters. The lowest BCUT2D eigenvalue weighted by Crippen LogP contribution is -1.97. The number of hydrogen-bond donors (Lipinski definition) is 3. The fraction of sp³-hybridized carbons (Fsp3) is 0.250. The zero-order valence-corrected chi connectivity index (χ0v) is 16.3. The Morgan fingerprint density at radius 3 is 1.67 bits per heavy atom. The summed E-state index contributed by atoms with van der Waals surface area (Å²) >= 11 is 0. The molecule has 3 aromatic carbocycles. The highest BCUT2D eigenvalue weighted by Crippen LogP contribution is 2.30. The Hall–Kier alpha value is -2.94. The molecule has 0 bridgehead atoms. The average Bonchev–Trinajstić information content (AvgIpc) is 2.60. The quantitative estimate of drug-likeness (QED) is 0.596. The summed E-state index contributed by atoms with van der Waals surface area (Å²) in [5.41, 5.74) is 7.59. The Kier molecular flexibility index (Phi) is 5.13. The van der Waals surface area contributed by atoms with E-state index in [1.807, 2.05) is 64.1 Å². The van der Waals surface area contributed by atoms with Crippen molar-refractivity contribution in [3.63, 3.8) is 0 Å². The van der Waals surface area contributed by atoms with Crippen LogP contribution in [0.2, 0.25) is 0 Å². The lowest BCUT2D eigenvalue weighted by Gasteiger charge is -2.13. The van der Waals surface area contributed by atoms with Gasteiger partial charge >= 0.3 is 0 Å². The highest BCUT2D eigenvalue weighted by Gasteiger charge is 2.11. The number of benzene rings is 3. The van der Waals surface area contributed by atoms with E-state index in [9.17, 15) is 15.3 Å². The van der Waals surface area contributed by atoms with Crippen molar-refractivity contribution in [1.82, 2.24) is 0 Å². The maximum Gasteiger partial charge on any atom is 0.122 e. The van der Waals surface area contributed by atoms with Crippen LogP contribution in [0.1, 0.15) is 44.5 Å². The second-order valence-corrected chi connectivity index (χ2v) is 7.47. The van der Waals surface area contributed by atoms with E-state index in [2.05, 4.69) is 0 Å². The van der Waals surface area contributed by atoms with Gasteiger partial charge in [0.05, 0.1) is 0 Å². The molecule has 3 aromatic rings. The van der Waals surface area contributed by atoms with Crippen LogP contribution in [0.25, 0.3) is 0 Å². The van der Waals surface area contributed by atoms with Crippen LogP contribution in [0.5, 0.6) is 17.2 Å². The summed E-state index contributed by atoms with van der Waals surface area (Å²) in [5.74, 6) is 0.957. The molecule has 0 aromatic heterocycles. The topological polar surface area (TPSA) is 60.7 Å². The van der Waals surface area contributed by atoms with Gasteiger partial charge in [-0.1, -0.05) is 36.4 Å². The highest BCUT2D eigenvalue weighted by molar-refractivity contribution is 5.49. The van der Waals surface area contributed by atoms with Crippen LogP contribution in [-0.4, -0.2) is 15.3 Å². The van der Waals surface area contributed by atoms with Crippen molar-refractivity contribution in [2.75, 3.05) is 0 Å². The predicted molar refractivity (Wildman–Crippen MR) is 109 cm³/mol. The monoisotopic (exact) mass is 362 g/mol. The molecule has 0 aliphatic heterocycles. The second kappa shape index (κ2) is 7.36. The molecule has 27 heavy (non-hydrogen) atoms. The molecule has 0 saturated carbocycles. The van der Waals surface area contributed by atoms with E-state index >= 15 is 0 Å². The van der Waals surface area contributed by atoms with E-state index in [0.29, 0.717) is 23.7 Å². The molecule has 3 heteroatoms. The van der Waals surface area contributed by atoms with Gasteiger partial charge in [0.2, 0.25) is 0 Å². The van der Waals surface area contributed by atoms with Gasteiger partial charge in [-0.05, 0) is 84.7 Å². The van der Waals surface area contributed by atoms with Gasteiger partial charge in [-0.25, -0.2) is 0 Å². The van der Waals surface area contributed by atoms with Crippen LogP contribution in [-0.2, 0) is 12.8 Å². The van der Waals surface area contributed by atoms with Crippen LogP contribution >= 0.6 is 0 Å². The standard InChI is InChI=1S/C24H26O3/c1-14-7-18(5-6-22(14)25)11-20-10-17(4)24(27)21(13-20)12-19-8-15(2)23(26)16(3)9-19/h5-10,13,25-27H,11-12H2,1-4H3. The molecule has 0 spiro atoms. The molecule has 0 aliphatic carbocycles. The fourth-order valence-corrected chi connectivity index (χ4v) is 3.60. The zero-order valence-electron chi connectivity index (χ0n) is 16.3. The minimum absolute atomic E-state index is 0.305. The minimum Gasteiger partial charge on any atom is -0.508 e. The predicted octanol–water partition coefficient (Wildman–Crippen LogP) is 5.22. The van der Waals surface area contributed by atoms with E-state index in [1.54, 1.807) is 6.07 Å². The third-order valence-electron chi connectivity index (χ3n) is 5.05. The third kappa shape index (κ3) is 4.08. The summed E-state index contributed by atoms with van der Waals surface area (Å²) < 4.78 is 0. The van der Waals surface area contributed by atoms with Gasteiger partial charge in [0, 0.05) is 6.42 Å². The fourth-order valence-electron chi connectivity index (χ4n) is 3.60. The summed E-state index contributed by atoms with van der Waals surface area (Å²) in [5, 5.41) is 30.2. The molecule has 0 aliphatic rings. The summed E-state index contributed by atoms with van der Waals surface area (Å²) in [6, 6.07) is 13.6. The van der Waals surface area contributed by atoms with E-state index in [1.165, 1.54) is 0 Å². The van der Waals surface area contributed by atoms with Crippen molar-refractivity contribution >= 4 is 0 Å². The summed E-state index contributed by atoms with van der Waals surface area (Å²) in [4.78, 5) is 0. The largest absolute Gasteiger partial charge is 0.508 e. The maximum absolute atomic E-state index is 10.5. The first-order chi connectivity index (χ1) is 12.7. The summed E-state index contributed by atoms with van der Waals surface area (Å²) in [7, 11) is 0. The smallest absolute Gasteiger partial charge is 0.122 e. The van der Waals surface area contributed by atoms with Crippen molar-refractivity contribution in [1.29, 1.82) is 0 Å². The van der Waals surface area contributed by atoms with Crippen LogP contribution < -0.4 is 0 Å². The van der Waals surface area contributed by atoms with Gasteiger partial charge in [-0.3, -0.25) is 0 Å². The van der Waals surface area contributed by atoms with Crippen molar-refractivity contribution in [3.05, 3.63) is 87.0 Å². The first kappa shape index (κ1) is 18.8. The molecule has 3 nitrogen and oxygen atoms in total. The molecule has 3 N–H and O–H groups in total. The van der Waals surface area contributed by atoms with Gasteiger partial charge in [-0.2, -0.15) is 0 Å². The third-order valence-corrected chi connectivity index (χ3v) is 5.05. The molecular formula is C24H26O3. The lowest BCUT2D eigenvalue weighted by molar-refractivity contribution is 0.464. The van der Waals surface area contributed by atoms with Crippen molar-refractivity contribution in [3.8, 4) is 17.2 Å². The zero-order chi connectivity index (χ0) is 19.7. The van der Waals surface area contributed by atoms with E-state index in [4.69, 9.17) is 0 Å². The number of aryl methyl sites for hydroxylation is 4. The minimum atomic E-state index is 0.305. The van der Waals surface area contributed by atoms with Crippen molar-refractivity contribution < 1.29 is 15.3 Å². The molecule has 0 fully saturated rings. The number of aromatic hydroxyl groups is 3. The first-order valence-electron chi connectivity index (χ1n) is 9.13. The molecule has 0 radical (unpaired) electrons. The average molecular weight is 362 g/mol. The molecule has 3 rings (SSSR count). The summed E-state index contributed by atoms with van der Waals surface area (Å²) in [6.07, 6.45) is 1.35. The molecule has 0 amide bonds. The van der Waals surface area contributed by atoms with Gasteiger partial charge in [-0.15, -0.1) is 0 Å². The second-order valence-electron chi connectivity index (χ2n) is 7.47. The Morgan fingerprint density at radius 1 is 0.556 bits per heavy atom. The Bertz CT molecular complexity index is 980. The van der Waals surface area contributed by atoms with Gasteiger partial charge in [0.1, 0.15) is 17.2 Å². The van der Waals surface area contributed by atoms with E-state index < -0.39 is 0 Å². The Balaban J connectivity index is 1.93. The Labute approximate surface area is 160 Å².